The quantitative estimate of drug-likeness (QED) is 0.452. The van der Waals surface area contributed by atoms with Crippen molar-refractivity contribution in [2.45, 2.75) is 32.2 Å². The Bertz CT molecular complexity index is 1330. The number of anilines is 2. The molecular weight excluding hydrogens is 406 g/mol. The summed E-state index contributed by atoms with van der Waals surface area (Å²) in [6.07, 6.45) is 0. The fourth-order valence-electron chi connectivity index (χ4n) is 3.98. The van der Waals surface area contributed by atoms with E-state index in [0.29, 0.717) is 22.9 Å². The van der Waals surface area contributed by atoms with E-state index in [1.54, 1.807) is 11.8 Å². The van der Waals surface area contributed by atoms with Crippen molar-refractivity contribution in [3.05, 3.63) is 75.6 Å². The third-order valence-corrected chi connectivity index (χ3v) is 5.72. The number of rotatable bonds is 3. The lowest BCUT2D eigenvalue weighted by Gasteiger charge is -2.28. The molecule has 0 spiro atoms. The van der Waals surface area contributed by atoms with Crippen LogP contribution in [-0.2, 0) is 5.41 Å². The second-order valence-electron chi connectivity index (χ2n) is 8.77. The number of hydrogen-bond donors (Lipinski definition) is 2. The first kappa shape index (κ1) is 19.9. The first-order chi connectivity index (χ1) is 15.4. The van der Waals surface area contributed by atoms with Gasteiger partial charge in [-0.05, 0) is 51.2 Å². The number of aromatic amines is 1. The number of hydrogen-bond acceptors (Lipinski definition) is 7. The highest BCUT2D eigenvalue weighted by Crippen LogP contribution is 2.41. The Morgan fingerprint density at radius 2 is 1.75 bits per heavy atom. The molecule has 0 amide bonds. The highest BCUT2D eigenvalue weighted by Gasteiger charge is 2.34. The monoisotopic (exact) mass is 429 g/mol. The zero-order valence-corrected chi connectivity index (χ0v) is 18.2. The van der Waals surface area contributed by atoms with Crippen LogP contribution in [0.5, 0.6) is 5.75 Å². The SMILES string of the molecule is COc1ccc(-c2n[nH]c(=O)c3c2[C@H](c2ccc(C(C)(C)C)cc2)n2nnnc2N3)cc1. The first-order valence-electron chi connectivity index (χ1n) is 10.3. The zero-order chi connectivity index (χ0) is 22.5. The van der Waals surface area contributed by atoms with E-state index in [9.17, 15) is 4.79 Å². The Labute approximate surface area is 184 Å². The molecule has 9 heteroatoms. The van der Waals surface area contributed by atoms with Crippen molar-refractivity contribution in [3.8, 4) is 17.0 Å². The van der Waals surface area contributed by atoms with Crippen molar-refractivity contribution in [1.29, 1.82) is 0 Å². The summed E-state index contributed by atoms with van der Waals surface area (Å²) in [5, 5.41) is 22.2. The van der Waals surface area contributed by atoms with Crippen molar-refractivity contribution in [2.24, 2.45) is 0 Å². The summed E-state index contributed by atoms with van der Waals surface area (Å²) in [6.45, 7) is 6.52. The summed E-state index contributed by atoms with van der Waals surface area (Å²) in [6, 6.07) is 15.5. The molecule has 162 valence electrons. The molecule has 0 saturated heterocycles. The summed E-state index contributed by atoms with van der Waals surface area (Å²) >= 11 is 0. The fraction of sp³-hybridized carbons (Fsp3) is 0.261. The van der Waals surface area contributed by atoms with Crippen LogP contribution in [0, 0.1) is 0 Å². The van der Waals surface area contributed by atoms with E-state index < -0.39 is 6.04 Å². The van der Waals surface area contributed by atoms with Crippen molar-refractivity contribution in [3.63, 3.8) is 0 Å². The van der Waals surface area contributed by atoms with Crippen LogP contribution < -0.4 is 15.6 Å². The van der Waals surface area contributed by atoms with Gasteiger partial charge in [0.25, 0.3) is 5.56 Å². The van der Waals surface area contributed by atoms with Crippen LogP contribution in [0.4, 0.5) is 11.6 Å². The minimum absolute atomic E-state index is 0.0253. The predicted octanol–water partition coefficient (Wildman–Crippen LogP) is 3.42. The molecule has 0 saturated carbocycles. The molecule has 2 aromatic carbocycles. The Morgan fingerprint density at radius 1 is 1.03 bits per heavy atom. The lowest BCUT2D eigenvalue weighted by atomic mass is 9.85. The Kier molecular flexibility index (Phi) is 4.54. The molecule has 5 rings (SSSR count). The zero-order valence-electron chi connectivity index (χ0n) is 18.2. The molecule has 0 aliphatic carbocycles. The van der Waals surface area contributed by atoms with Gasteiger partial charge < -0.3 is 10.1 Å². The maximum atomic E-state index is 12.8. The van der Waals surface area contributed by atoms with E-state index in [1.807, 2.05) is 24.3 Å². The van der Waals surface area contributed by atoms with Gasteiger partial charge in [0, 0.05) is 11.1 Å². The summed E-state index contributed by atoms with van der Waals surface area (Å²) in [4.78, 5) is 12.8. The van der Waals surface area contributed by atoms with Gasteiger partial charge in [-0.15, -0.1) is 0 Å². The highest BCUT2D eigenvalue weighted by molar-refractivity contribution is 5.75. The van der Waals surface area contributed by atoms with Crippen LogP contribution in [0.1, 0.15) is 43.5 Å². The number of fused-ring (bicyclic) bond motifs is 2. The van der Waals surface area contributed by atoms with Crippen LogP contribution in [0.2, 0.25) is 0 Å². The van der Waals surface area contributed by atoms with Crippen molar-refractivity contribution in [1.82, 2.24) is 30.4 Å². The number of H-pyrrole nitrogens is 1. The van der Waals surface area contributed by atoms with Gasteiger partial charge in [0.05, 0.1) is 12.8 Å². The normalized spacial score (nSPS) is 14.9. The van der Waals surface area contributed by atoms with Gasteiger partial charge in [0.1, 0.15) is 17.5 Å². The van der Waals surface area contributed by atoms with Gasteiger partial charge in [-0.25, -0.2) is 5.10 Å². The van der Waals surface area contributed by atoms with Crippen molar-refractivity contribution >= 4 is 11.6 Å². The standard InChI is InChI=1S/C23H23N7O2/c1-23(2,3)15-9-5-14(6-10-15)20-17-18(13-7-11-16(32-4)12-8-13)25-26-21(31)19(17)24-22-27-28-29-30(20)22/h5-12,20H,1-4H3,(H,26,31)(H,24,27,29)/t20-/m0/s1. The molecule has 1 aliphatic rings. The third kappa shape index (κ3) is 3.22. The van der Waals surface area contributed by atoms with E-state index in [-0.39, 0.29) is 11.0 Å². The highest BCUT2D eigenvalue weighted by atomic mass is 16.5. The maximum absolute atomic E-state index is 12.8. The first-order valence-corrected chi connectivity index (χ1v) is 10.3. The molecule has 2 N–H and O–H groups in total. The number of tetrazole rings is 1. The molecule has 3 heterocycles. The molecule has 32 heavy (non-hydrogen) atoms. The summed E-state index contributed by atoms with van der Waals surface area (Å²) in [5.74, 6) is 1.14. The Morgan fingerprint density at radius 3 is 2.41 bits per heavy atom. The fourth-order valence-corrected chi connectivity index (χ4v) is 3.98. The lowest BCUT2D eigenvalue weighted by Crippen LogP contribution is -2.29. The molecule has 0 radical (unpaired) electrons. The molecule has 9 nitrogen and oxygen atoms in total. The molecule has 0 fully saturated rings. The molecule has 1 aliphatic heterocycles. The number of methoxy groups -OCH3 is 1. The van der Waals surface area contributed by atoms with Crippen LogP contribution >= 0.6 is 0 Å². The average molecular weight is 429 g/mol. The van der Waals surface area contributed by atoms with Gasteiger partial charge in [0.15, 0.2) is 0 Å². The number of aromatic nitrogens is 6. The molecule has 2 aromatic heterocycles. The minimum Gasteiger partial charge on any atom is -0.497 e. The van der Waals surface area contributed by atoms with E-state index in [4.69, 9.17) is 4.74 Å². The summed E-state index contributed by atoms with van der Waals surface area (Å²) < 4.78 is 6.96. The van der Waals surface area contributed by atoms with Crippen LogP contribution in [0.3, 0.4) is 0 Å². The van der Waals surface area contributed by atoms with Crippen molar-refractivity contribution < 1.29 is 4.74 Å². The van der Waals surface area contributed by atoms with Gasteiger partial charge in [-0.2, -0.15) is 9.78 Å². The average Bonchev–Trinajstić information content (AvgIpc) is 3.26. The minimum atomic E-state index is -0.419. The number of ether oxygens (including phenoxy) is 1. The van der Waals surface area contributed by atoms with Crippen LogP contribution in [0.15, 0.2) is 53.3 Å². The van der Waals surface area contributed by atoms with Crippen LogP contribution in [-0.4, -0.2) is 37.5 Å². The van der Waals surface area contributed by atoms with Gasteiger partial charge in [0.2, 0.25) is 5.95 Å². The molecule has 0 unspecified atom stereocenters. The predicted molar refractivity (Wildman–Crippen MR) is 120 cm³/mol. The summed E-state index contributed by atoms with van der Waals surface area (Å²) in [5.41, 5.74) is 4.44. The number of nitrogens with one attached hydrogen (secondary N) is 2. The molecule has 4 aromatic rings. The smallest absolute Gasteiger partial charge is 0.288 e. The Balaban J connectivity index is 1.73. The Hall–Kier alpha value is -4.01. The molecular formula is C23H23N7O2. The lowest BCUT2D eigenvalue weighted by molar-refractivity contribution is 0.415. The summed E-state index contributed by atoms with van der Waals surface area (Å²) in [7, 11) is 1.62. The van der Waals surface area contributed by atoms with Gasteiger partial charge >= 0.3 is 0 Å². The van der Waals surface area contributed by atoms with Crippen LogP contribution in [0.25, 0.3) is 11.3 Å². The second kappa shape index (κ2) is 7.30. The van der Waals surface area contributed by atoms with Gasteiger partial charge in [-0.1, -0.05) is 50.1 Å². The third-order valence-electron chi connectivity index (χ3n) is 5.72. The van der Waals surface area contributed by atoms with E-state index in [0.717, 1.165) is 16.9 Å². The van der Waals surface area contributed by atoms with Crippen molar-refractivity contribution in [2.75, 3.05) is 12.4 Å². The topological polar surface area (TPSA) is 111 Å². The number of benzene rings is 2. The number of nitrogens with zero attached hydrogens (tertiary/aromatic N) is 5. The largest absolute Gasteiger partial charge is 0.497 e. The van der Waals surface area contributed by atoms with E-state index in [1.165, 1.54) is 5.56 Å². The van der Waals surface area contributed by atoms with E-state index >= 15 is 0 Å². The van der Waals surface area contributed by atoms with Gasteiger partial charge in [-0.3, -0.25) is 4.79 Å². The maximum Gasteiger partial charge on any atom is 0.288 e. The van der Waals surface area contributed by atoms with E-state index in [2.05, 4.69) is 76.1 Å². The molecule has 0 bridgehead atoms. The molecule has 1 atom stereocenters. The second-order valence-corrected chi connectivity index (χ2v) is 8.77.